The van der Waals surface area contributed by atoms with Crippen LogP contribution in [0.5, 0.6) is 5.75 Å². The summed E-state index contributed by atoms with van der Waals surface area (Å²) in [6, 6.07) is 6.11. The molecule has 0 spiro atoms. The molecule has 0 atom stereocenters. The van der Waals surface area contributed by atoms with Crippen LogP contribution in [0.3, 0.4) is 0 Å². The van der Waals surface area contributed by atoms with Gasteiger partial charge in [0.2, 0.25) is 5.91 Å². The number of carbonyl (C=O) groups is 1. The zero-order valence-electron chi connectivity index (χ0n) is 12.8. The molecular weight excluding hydrogens is 321 g/mol. The molecule has 0 radical (unpaired) electrons. The van der Waals surface area contributed by atoms with Crippen molar-refractivity contribution in [2.24, 2.45) is 0 Å². The van der Waals surface area contributed by atoms with Crippen molar-refractivity contribution in [2.45, 2.75) is 12.7 Å². The maximum Gasteiger partial charge on any atom is 0.416 e. The summed E-state index contributed by atoms with van der Waals surface area (Å²) in [4.78, 5) is 17.2. The van der Waals surface area contributed by atoms with Gasteiger partial charge in [-0.15, -0.1) is 0 Å². The summed E-state index contributed by atoms with van der Waals surface area (Å²) >= 11 is 0. The average Bonchev–Trinajstić information content (AvgIpc) is 2.52. The summed E-state index contributed by atoms with van der Waals surface area (Å²) in [6.45, 7) is 0.180. The van der Waals surface area contributed by atoms with E-state index in [1.165, 1.54) is 47.6 Å². The SMILES string of the molecule is CN(Cc1ccc(C(F)(F)F)cc1)C(=O)/C=C/c1cncc(O)c1. The molecule has 0 bridgehead atoms. The largest absolute Gasteiger partial charge is 0.506 e. The van der Waals surface area contributed by atoms with Gasteiger partial charge in [0.25, 0.3) is 0 Å². The van der Waals surface area contributed by atoms with Crippen LogP contribution in [-0.4, -0.2) is 27.9 Å². The second-order valence-corrected chi connectivity index (χ2v) is 5.20. The van der Waals surface area contributed by atoms with Gasteiger partial charge in [0, 0.05) is 25.9 Å². The number of halogens is 3. The van der Waals surface area contributed by atoms with Crippen LogP contribution in [0.2, 0.25) is 0 Å². The molecule has 24 heavy (non-hydrogen) atoms. The number of likely N-dealkylation sites (N-methyl/N-ethyl adjacent to an activating group) is 1. The Bertz CT molecular complexity index is 740. The third-order valence-electron chi connectivity index (χ3n) is 3.24. The molecule has 1 aromatic heterocycles. The third kappa shape index (κ3) is 4.84. The van der Waals surface area contributed by atoms with Crippen molar-refractivity contribution in [3.8, 4) is 5.75 Å². The van der Waals surface area contributed by atoms with Crippen LogP contribution < -0.4 is 0 Å². The molecule has 126 valence electrons. The minimum atomic E-state index is -4.38. The molecule has 0 saturated heterocycles. The molecule has 0 fully saturated rings. The number of rotatable bonds is 4. The Morgan fingerprint density at radius 3 is 2.50 bits per heavy atom. The third-order valence-corrected chi connectivity index (χ3v) is 3.24. The van der Waals surface area contributed by atoms with Crippen LogP contribution >= 0.6 is 0 Å². The number of aromatic nitrogens is 1. The lowest BCUT2D eigenvalue weighted by molar-refractivity contribution is -0.137. The van der Waals surface area contributed by atoms with Gasteiger partial charge in [0.1, 0.15) is 5.75 Å². The first-order valence-corrected chi connectivity index (χ1v) is 6.99. The molecule has 1 N–H and O–H groups in total. The Morgan fingerprint density at radius 2 is 1.92 bits per heavy atom. The van der Waals surface area contributed by atoms with Crippen LogP contribution in [0.15, 0.2) is 48.8 Å². The van der Waals surface area contributed by atoms with E-state index in [2.05, 4.69) is 4.98 Å². The molecule has 1 amide bonds. The van der Waals surface area contributed by atoms with Gasteiger partial charge in [-0.25, -0.2) is 0 Å². The molecule has 1 heterocycles. The molecule has 4 nitrogen and oxygen atoms in total. The summed E-state index contributed by atoms with van der Waals surface area (Å²) in [5.74, 6) is -0.332. The fourth-order valence-electron chi connectivity index (χ4n) is 1.98. The van der Waals surface area contributed by atoms with E-state index in [1.807, 2.05) is 0 Å². The van der Waals surface area contributed by atoms with E-state index in [0.717, 1.165) is 12.1 Å². The quantitative estimate of drug-likeness (QED) is 0.870. The van der Waals surface area contributed by atoms with Gasteiger partial charge in [0.15, 0.2) is 0 Å². The van der Waals surface area contributed by atoms with Gasteiger partial charge in [-0.3, -0.25) is 9.78 Å². The number of carbonyl (C=O) groups excluding carboxylic acids is 1. The number of aromatic hydroxyl groups is 1. The van der Waals surface area contributed by atoms with Crippen molar-refractivity contribution in [1.82, 2.24) is 9.88 Å². The maximum atomic E-state index is 12.5. The zero-order valence-corrected chi connectivity index (χ0v) is 12.8. The highest BCUT2D eigenvalue weighted by molar-refractivity contribution is 5.91. The standard InChI is InChI=1S/C17H15F3N2O2/c1-22(11-12-2-5-14(6-3-12)17(18,19)20)16(24)7-4-13-8-15(23)10-21-9-13/h2-10,23H,11H2,1H3/b7-4+. The van der Waals surface area contributed by atoms with Crippen LogP contribution in [0, 0.1) is 0 Å². The minimum absolute atomic E-state index is 0.0114. The van der Waals surface area contributed by atoms with Crippen molar-refractivity contribution in [1.29, 1.82) is 0 Å². The van der Waals surface area contributed by atoms with E-state index in [-0.39, 0.29) is 18.2 Å². The average molecular weight is 336 g/mol. The highest BCUT2D eigenvalue weighted by Gasteiger charge is 2.29. The van der Waals surface area contributed by atoms with E-state index in [4.69, 9.17) is 0 Å². The summed E-state index contributed by atoms with van der Waals surface area (Å²) in [7, 11) is 1.55. The van der Waals surface area contributed by atoms with Gasteiger partial charge in [-0.1, -0.05) is 12.1 Å². The van der Waals surface area contributed by atoms with Crippen LogP contribution in [0.4, 0.5) is 13.2 Å². The van der Waals surface area contributed by atoms with E-state index >= 15 is 0 Å². The van der Waals surface area contributed by atoms with Crippen LogP contribution in [0.25, 0.3) is 6.08 Å². The molecule has 0 saturated carbocycles. The lowest BCUT2D eigenvalue weighted by Gasteiger charge is -2.15. The molecule has 0 aliphatic heterocycles. The van der Waals surface area contributed by atoms with Gasteiger partial charge in [-0.05, 0) is 35.4 Å². The number of amides is 1. The van der Waals surface area contributed by atoms with Crippen molar-refractivity contribution >= 4 is 12.0 Å². The van der Waals surface area contributed by atoms with Crippen LogP contribution in [0.1, 0.15) is 16.7 Å². The Labute approximate surface area is 136 Å². The number of alkyl halides is 3. The topological polar surface area (TPSA) is 53.4 Å². The van der Waals surface area contributed by atoms with E-state index < -0.39 is 11.7 Å². The summed E-state index contributed by atoms with van der Waals surface area (Å²) in [5.41, 5.74) is 0.425. The summed E-state index contributed by atoms with van der Waals surface area (Å²) in [5, 5.41) is 9.29. The monoisotopic (exact) mass is 336 g/mol. The molecule has 1 aromatic carbocycles. The number of nitrogens with zero attached hydrogens (tertiary/aromatic N) is 2. The Morgan fingerprint density at radius 1 is 1.25 bits per heavy atom. The molecule has 2 aromatic rings. The molecular formula is C17H15F3N2O2. The lowest BCUT2D eigenvalue weighted by Crippen LogP contribution is -2.24. The highest BCUT2D eigenvalue weighted by atomic mass is 19.4. The van der Waals surface area contributed by atoms with Gasteiger partial charge in [-0.2, -0.15) is 13.2 Å². The minimum Gasteiger partial charge on any atom is -0.506 e. The van der Waals surface area contributed by atoms with Crippen molar-refractivity contribution in [2.75, 3.05) is 7.05 Å². The first-order valence-electron chi connectivity index (χ1n) is 6.99. The highest BCUT2D eigenvalue weighted by Crippen LogP contribution is 2.29. The molecule has 0 aliphatic carbocycles. The predicted octanol–water partition coefficient (Wildman–Crippen LogP) is 3.48. The smallest absolute Gasteiger partial charge is 0.416 e. The molecule has 7 heteroatoms. The number of pyridine rings is 1. The first-order chi connectivity index (χ1) is 11.3. The van der Waals surface area contributed by atoms with Gasteiger partial charge < -0.3 is 10.0 Å². The van der Waals surface area contributed by atoms with Crippen molar-refractivity contribution < 1.29 is 23.1 Å². The second-order valence-electron chi connectivity index (χ2n) is 5.20. The Balaban J connectivity index is 1.98. The van der Waals surface area contributed by atoms with Crippen LogP contribution in [-0.2, 0) is 17.5 Å². The molecule has 0 unspecified atom stereocenters. The fraction of sp³-hybridized carbons (Fsp3) is 0.176. The zero-order chi connectivity index (χ0) is 17.7. The normalized spacial score (nSPS) is 11.7. The van der Waals surface area contributed by atoms with Gasteiger partial charge >= 0.3 is 6.18 Å². The summed E-state index contributed by atoms with van der Waals surface area (Å²) < 4.78 is 37.5. The number of hydrogen-bond acceptors (Lipinski definition) is 3. The lowest BCUT2D eigenvalue weighted by atomic mass is 10.1. The van der Waals surface area contributed by atoms with E-state index in [9.17, 15) is 23.1 Å². The number of benzene rings is 1. The van der Waals surface area contributed by atoms with Crippen molar-refractivity contribution in [3.05, 3.63) is 65.5 Å². The Hall–Kier alpha value is -2.83. The Kier molecular flexibility index (Phi) is 5.23. The van der Waals surface area contributed by atoms with Crippen molar-refractivity contribution in [3.63, 3.8) is 0 Å². The fourth-order valence-corrected chi connectivity index (χ4v) is 1.98. The van der Waals surface area contributed by atoms with Gasteiger partial charge in [0.05, 0.1) is 11.8 Å². The second kappa shape index (κ2) is 7.16. The first kappa shape index (κ1) is 17.5. The summed E-state index contributed by atoms with van der Waals surface area (Å²) in [6.07, 6.45) is 1.19. The van der Waals surface area contributed by atoms with E-state index in [0.29, 0.717) is 11.1 Å². The molecule has 0 aliphatic rings. The van der Waals surface area contributed by atoms with E-state index in [1.54, 1.807) is 7.05 Å². The number of hydrogen-bond donors (Lipinski definition) is 1. The maximum absolute atomic E-state index is 12.5. The molecule has 2 rings (SSSR count). The predicted molar refractivity (Wildman–Crippen MR) is 82.9 cm³/mol.